The van der Waals surface area contributed by atoms with E-state index in [1.165, 1.54) is 11.8 Å². The minimum atomic E-state index is -0.417. The Morgan fingerprint density at radius 2 is 1.70 bits per heavy atom. The minimum Gasteiger partial charge on any atom is -0.298 e. The lowest BCUT2D eigenvalue weighted by atomic mass is 9.92. The Hall–Kier alpha value is -2.40. The summed E-state index contributed by atoms with van der Waals surface area (Å²) in [5.74, 6) is 0.421. The highest BCUT2D eigenvalue weighted by molar-refractivity contribution is 7.99. The molecule has 3 aromatic rings. The van der Waals surface area contributed by atoms with E-state index in [-0.39, 0.29) is 23.1 Å². The van der Waals surface area contributed by atoms with Gasteiger partial charge < -0.3 is 0 Å². The van der Waals surface area contributed by atoms with Crippen molar-refractivity contribution in [2.75, 3.05) is 5.75 Å². The van der Waals surface area contributed by atoms with Crippen molar-refractivity contribution in [1.29, 1.82) is 0 Å². The van der Waals surface area contributed by atoms with Crippen LogP contribution in [0.25, 0.3) is 10.9 Å². The second-order valence-electron chi connectivity index (χ2n) is 7.64. The molecule has 3 rings (SSSR count). The number of fused-ring (bicyclic) bond motifs is 1. The molecule has 0 unspecified atom stereocenters. The van der Waals surface area contributed by atoms with Crippen LogP contribution in [-0.2, 0) is 4.79 Å². The van der Waals surface area contributed by atoms with Crippen LogP contribution in [0.5, 0.6) is 0 Å². The Balaban J connectivity index is 2.10. The summed E-state index contributed by atoms with van der Waals surface area (Å²) in [6, 6.07) is 17.0. The highest BCUT2D eigenvalue weighted by Gasteiger charge is 2.23. The molecule has 0 radical (unpaired) electrons. The lowest BCUT2D eigenvalue weighted by Crippen LogP contribution is -2.28. The van der Waals surface area contributed by atoms with E-state index in [0.29, 0.717) is 16.1 Å². The SMILES string of the molecule is C[C@H](c1ccccc1)n1c(SCC(=O)C(C)(C)C)nc2ccccc2c1=O. The summed E-state index contributed by atoms with van der Waals surface area (Å²) in [4.78, 5) is 30.3. The van der Waals surface area contributed by atoms with Gasteiger partial charge in [-0.05, 0) is 24.6 Å². The van der Waals surface area contributed by atoms with Gasteiger partial charge in [-0.3, -0.25) is 14.2 Å². The zero-order valence-corrected chi connectivity index (χ0v) is 16.9. The van der Waals surface area contributed by atoms with Gasteiger partial charge in [0.15, 0.2) is 5.16 Å². The molecule has 0 spiro atoms. The van der Waals surface area contributed by atoms with Gasteiger partial charge in [-0.15, -0.1) is 0 Å². The fourth-order valence-corrected chi connectivity index (χ4v) is 4.03. The summed E-state index contributed by atoms with van der Waals surface area (Å²) in [6.07, 6.45) is 0. The summed E-state index contributed by atoms with van der Waals surface area (Å²) in [7, 11) is 0. The number of para-hydroxylation sites is 1. The van der Waals surface area contributed by atoms with E-state index < -0.39 is 5.41 Å². The van der Waals surface area contributed by atoms with Crippen molar-refractivity contribution in [2.24, 2.45) is 5.41 Å². The van der Waals surface area contributed by atoms with E-state index in [9.17, 15) is 9.59 Å². The highest BCUT2D eigenvalue weighted by Crippen LogP contribution is 2.27. The molecule has 0 aliphatic carbocycles. The smallest absolute Gasteiger partial charge is 0.262 e. The third kappa shape index (κ3) is 4.14. The van der Waals surface area contributed by atoms with Crippen molar-refractivity contribution >= 4 is 28.4 Å². The quantitative estimate of drug-likeness (QED) is 0.475. The van der Waals surface area contributed by atoms with Crippen molar-refractivity contribution in [3.63, 3.8) is 0 Å². The highest BCUT2D eigenvalue weighted by atomic mass is 32.2. The summed E-state index contributed by atoms with van der Waals surface area (Å²) in [5.41, 5.74) is 1.19. The Kier molecular flexibility index (Phi) is 5.51. The van der Waals surface area contributed by atoms with Crippen molar-refractivity contribution in [3.05, 3.63) is 70.5 Å². The van der Waals surface area contributed by atoms with Crippen LogP contribution >= 0.6 is 11.8 Å². The second kappa shape index (κ2) is 7.69. The maximum atomic E-state index is 13.2. The summed E-state index contributed by atoms with van der Waals surface area (Å²) < 4.78 is 1.71. The molecule has 1 atom stereocenters. The molecule has 2 aromatic carbocycles. The van der Waals surface area contributed by atoms with Crippen LogP contribution in [0, 0.1) is 5.41 Å². The van der Waals surface area contributed by atoms with Gasteiger partial charge in [-0.1, -0.05) is 75.0 Å². The fourth-order valence-electron chi connectivity index (χ4n) is 2.80. The normalized spacial score (nSPS) is 12.9. The largest absolute Gasteiger partial charge is 0.298 e. The molecule has 0 aliphatic rings. The predicted octanol–water partition coefficient (Wildman–Crippen LogP) is 4.71. The van der Waals surface area contributed by atoms with E-state index in [4.69, 9.17) is 4.98 Å². The summed E-state index contributed by atoms with van der Waals surface area (Å²) in [6.45, 7) is 7.71. The van der Waals surface area contributed by atoms with Crippen LogP contribution in [0.4, 0.5) is 0 Å². The molecule has 0 N–H and O–H groups in total. The fraction of sp³-hybridized carbons (Fsp3) is 0.318. The average molecular weight is 381 g/mol. The number of carbonyl (C=O) groups is 1. The van der Waals surface area contributed by atoms with Crippen LogP contribution in [-0.4, -0.2) is 21.1 Å². The van der Waals surface area contributed by atoms with E-state index in [2.05, 4.69) is 0 Å². The number of Topliss-reactive ketones (excluding diaryl/α,β-unsaturated/α-hetero) is 1. The number of hydrogen-bond donors (Lipinski definition) is 0. The molecule has 27 heavy (non-hydrogen) atoms. The molecule has 5 heteroatoms. The molecule has 0 saturated carbocycles. The molecule has 0 amide bonds. The van der Waals surface area contributed by atoms with Gasteiger partial charge in [0.2, 0.25) is 0 Å². The number of nitrogens with zero attached hydrogens (tertiary/aromatic N) is 2. The van der Waals surface area contributed by atoms with Gasteiger partial charge in [0.25, 0.3) is 5.56 Å². The Morgan fingerprint density at radius 3 is 2.37 bits per heavy atom. The van der Waals surface area contributed by atoms with Gasteiger partial charge in [0.05, 0.1) is 22.7 Å². The van der Waals surface area contributed by atoms with Crippen LogP contribution in [0.15, 0.2) is 64.5 Å². The summed E-state index contributed by atoms with van der Waals surface area (Å²) >= 11 is 1.34. The topological polar surface area (TPSA) is 52.0 Å². The van der Waals surface area contributed by atoms with Gasteiger partial charge in [-0.25, -0.2) is 4.98 Å². The molecule has 4 nitrogen and oxygen atoms in total. The molecular weight excluding hydrogens is 356 g/mol. The zero-order valence-electron chi connectivity index (χ0n) is 16.1. The lowest BCUT2D eigenvalue weighted by Gasteiger charge is -2.21. The molecule has 0 bridgehead atoms. The molecule has 140 valence electrons. The molecule has 0 fully saturated rings. The van der Waals surface area contributed by atoms with E-state index in [0.717, 1.165) is 5.56 Å². The van der Waals surface area contributed by atoms with E-state index >= 15 is 0 Å². The summed E-state index contributed by atoms with van der Waals surface area (Å²) in [5, 5.41) is 1.17. The van der Waals surface area contributed by atoms with Gasteiger partial charge in [0, 0.05) is 5.41 Å². The Morgan fingerprint density at radius 1 is 1.07 bits per heavy atom. The van der Waals surface area contributed by atoms with Crippen LogP contribution < -0.4 is 5.56 Å². The van der Waals surface area contributed by atoms with Crippen molar-refractivity contribution < 1.29 is 4.79 Å². The van der Waals surface area contributed by atoms with Crippen molar-refractivity contribution in [2.45, 2.75) is 38.9 Å². The van der Waals surface area contributed by atoms with Gasteiger partial charge in [0.1, 0.15) is 5.78 Å². The maximum absolute atomic E-state index is 13.2. The first-order valence-electron chi connectivity index (χ1n) is 9.01. The van der Waals surface area contributed by atoms with Crippen molar-refractivity contribution in [3.8, 4) is 0 Å². The monoisotopic (exact) mass is 380 g/mol. The van der Waals surface area contributed by atoms with Gasteiger partial charge >= 0.3 is 0 Å². The standard InChI is InChI=1S/C22H24N2O2S/c1-15(16-10-6-5-7-11-16)24-20(26)17-12-8-9-13-18(17)23-21(24)27-14-19(25)22(2,3)4/h5-13,15H,14H2,1-4H3/t15-/m1/s1. The van der Waals surface area contributed by atoms with E-state index in [1.807, 2.05) is 76.2 Å². The second-order valence-corrected chi connectivity index (χ2v) is 8.58. The third-order valence-corrected chi connectivity index (χ3v) is 5.57. The first-order chi connectivity index (χ1) is 12.8. The number of hydrogen-bond acceptors (Lipinski definition) is 4. The molecule has 0 saturated heterocycles. The lowest BCUT2D eigenvalue weighted by molar-refractivity contribution is -0.123. The maximum Gasteiger partial charge on any atom is 0.262 e. The van der Waals surface area contributed by atoms with Crippen LogP contribution in [0.2, 0.25) is 0 Å². The third-order valence-electron chi connectivity index (χ3n) is 4.61. The first kappa shape index (κ1) is 19.4. The van der Waals surface area contributed by atoms with Crippen LogP contribution in [0.1, 0.15) is 39.3 Å². The minimum absolute atomic E-state index is 0.0809. The average Bonchev–Trinajstić information content (AvgIpc) is 2.65. The molecular formula is C22H24N2O2S. The van der Waals surface area contributed by atoms with Crippen molar-refractivity contribution in [1.82, 2.24) is 9.55 Å². The Bertz CT molecular complexity index is 1020. The molecule has 0 aliphatic heterocycles. The molecule has 1 heterocycles. The number of carbonyl (C=O) groups excluding carboxylic acids is 1. The number of benzene rings is 2. The number of aromatic nitrogens is 2. The zero-order chi connectivity index (χ0) is 19.6. The van der Waals surface area contributed by atoms with Gasteiger partial charge in [-0.2, -0.15) is 0 Å². The number of ketones is 1. The molecule has 1 aromatic heterocycles. The number of thioether (sulfide) groups is 1. The van der Waals surface area contributed by atoms with E-state index in [1.54, 1.807) is 10.6 Å². The van der Waals surface area contributed by atoms with Crippen LogP contribution in [0.3, 0.4) is 0 Å². The Labute approximate surface area is 163 Å². The predicted molar refractivity (Wildman–Crippen MR) is 111 cm³/mol. The first-order valence-corrected chi connectivity index (χ1v) is 10.00. The number of rotatable bonds is 5.